The molecule has 0 spiro atoms. The molecule has 112 valence electrons. The fourth-order valence-electron chi connectivity index (χ4n) is 3.55. The molecule has 0 radical (unpaired) electrons. The zero-order chi connectivity index (χ0) is 14.9. The lowest BCUT2D eigenvalue weighted by Crippen LogP contribution is -2.56. The first kappa shape index (κ1) is 15.7. The summed E-state index contributed by atoms with van der Waals surface area (Å²) in [5.74, 6) is 1.55. The van der Waals surface area contributed by atoms with Crippen molar-refractivity contribution in [1.29, 1.82) is 0 Å². The maximum Gasteiger partial charge on any atom is 0.120 e. The molecule has 0 heterocycles. The second-order valence-electron chi connectivity index (χ2n) is 6.42. The van der Waals surface area contributed by atoms with Gasteiger partial charge in [0.2, 0.25) is 0 Å². The van der Waals surface area contributed by atoms with Gasteiger partial charge >= 0.3 is 0 Å². The largest absolute Gasteiger partial charge is 0.490 e. The number of hydrogen-bond acceptors (Lipinski definition) is 1. The van der Waals surface area contributed by atoms with Gasteiger partial charge in [-0.1, -0.05) is 33.8 Å². The van der Waals surface area contributed by atoms with Crippen LogP contribution in [-0.4, -0.2) is 11.5 Å². The van der Waals surface area contributed by atoms with E-state index < -0.39 is 0 Å². The second kappa shape index (κ2) is 5.97. The zero-order valence-electron chi connectivity index (χ0n) is 13.4. The highest BCUT2D eigenvalue weighted by atomic mass is 35.5. The molecule has 0 amide bonds. The Bertz CT molecular complexity index is 462. The van der Waals surface area contributed by atoms with Gasteiger partial charge < -0.3 is 4.74 Å². The molecule has 2 atom stereocenters. The van der Waals surface area contributed by atoms with Gasteiger partial charge in [-0.05, 0) is 48.9 Å². The van der Waals surface area contributed by atoms with Crippen molar-refractivity contribution in [1.82, 2.24) is 0 Å². The fourth-order valence-corrected chi connectivity index (χ4v) is 4.16. The minimum absolute atomic E-state index is 0.159. The van der Waals surface area contributed by atoms with Crippen molar-refractivity contribution < 1.29 is 4.74 Å². The van der Waals surface area contributed by atoms with Crippen molar-refractivity contribution >= 4 is 11.6 Å². The van der Waals surface area contributed by atoms with Crippen LogP contribution in [0.15, 0.2) is 18.2 Å². The van der Waals surface area contributed by atoms with Crippen LogP contribution in [0.1, 0.15) is 64.0 Å². The Morgan fingerprint density at radius 2 is 1.95 bits per heavy atom. The van der Waals surface area contributed by atoms with Gasteiger partial charge in [0, 0.05) is 17.2 Å². The number of rotatable bonds is 5. The van der Waals surface area contributed by atoms with Gasteiger partial charge in [-0.15, -0.1) is 11.6 Å². The molecule has 1 saturated carbocycles. The molecule has 2 heteroatoms. The van der Waals surface area contributed by atoms with Gasteiger partial charge in [0.05, 0.1) is 0 Å². The summed E-state index contributed by atoms with van der Waals surface area (Å²) in [6.07, 6.45) is 3.41. The molecule has 0 bridgehead atoms. The SMILES string of the molecule is CCC1(CC)C(Cl)CC1Oc1ccc(C(C)C)c(C)c1. The molecule has 1 nitrogen and oxygen atoms in total. The first-order valence-electron chi connectivity index (χ1n) is 7.85. The normalized spacial score (nSPS) is 24.6. The lowest BCUT2D eigenvalue weighted by Gasteiger charge is -2.52. The summed E-state index contributed by atoms with van der Waals surface area (Å²) >= 11 is 6.45. The van der Waals surface area contributed by atoms with Crippen LogP contribution in [0.5, 0.6) is 5.75 Å². The number of alkyl halides is 1. The Kier molecular flexibility index (Phi) is 4.69. The molecule has 0 aromatic heterocycles. The summed E-state index contributed by atoms with van der Waals surface area (Å²) in [5, 5.41) is 0.263. The first-order valence-corrected chi connectivity index (χ1v) is 8.29. The van der Waals surface area contributed by atoms with E-state index in [0.717, 1.165) is 25.0 Å². The standard InChI is InChI=1S/C18H27ClO/c1-6-18(7-2)16(19)11-17(18)20-14-8-9-15(12(3)4)13(5)10-14/h8-10,12,16-17H,6-7,11H2,1-5H3. The van der Waals surface area contributed by atoms with E-state index in [1.54, 1.807) is 0 Å². The second-order valence-corrected chi connectivity index (χ2v) is 6.95. The summed E-state index contributed by atoms with van der Waals surface area (Å²) in [6.45, 7) is 11.1. The van der Waals surface area contributed by atoms with Crippen molar-refractivity contribution in [3.8, 4) is 5.75 Å². The predicted octanol–water partition coefficient (Wildman–Crippen LogP) is 5.68. The lowest BCUT2D eigenvalue weighted by molar-refractivity contribution is -0.0462. The van der Waals surface area contributed by atoms with Gasteiger partial charge in [0.25, 0.3) is 0 Å². The number of benzene rings is 1. The molecular weight excluding hydrogens is 268 g/mol. The van der Waals surface area contributed by atoms with Gasteiger partial charge in [-0.25, -0.2) is 0 Å². The zero-order valence-corrected chi connectivity index (χ0v) is 14.1. The summed E-state index contributed by atoms with van der Waals surface area (Å²) in [4.78, 5) is 0. The van der Waals surface area contributed by atoms with Gasteiger partial charge in [-0.3, -0.25) is 0 Å². The fraction of sp³-hybridized carbons (Fsp3) is 0.667. The number of ether oxygens (including phenoxy) is 1. The lowest BCUT2D eigenvalue weighted by atomic mass is 9.62. The van der Waals surface area contributed by atoms with Crippen LogP contribution < -0.4 is 4.74 Å². The van der Waals surface area contributed by atoms with Gasteiger partial charge in [0.15, 0.2) is 0 Å². The first-order chi connectivity index (χ1) is 9.44. The van der Waals surface area contributed by atoms with Crippen LogP contribution in [0, 0.1) is 12.3 Å². The monoisotopic (exact) mass is 294 g/mol. The molecule has 1 aliphatic rings. The summed E-state index contributed by atoms with van der Waals surface area (Å²) in [6, 6.07) is 6.48. The summed E-state index contributed by atoms with van der Waals surface area (Å²) < 4.78 is 6.25. The average Bonchev–Trinajstić information content (AvgIpc) is 2.39. The highest BCUT2D eigenvalue weighted by molar-refractivity contribution is 6.21. The van der Waals surface area contributed by atoms with Crippen molar-refractivity contribution in [2.24, 2.45) is 5.41 Å². The van der Waals surface area contributed by atoms with E-state index in [1.807, 2.05) is 0 Å². The van der Waals surface area contributed by atoms with E-state index in [4.69, 9.17) is 16.3 Å². The van der Waals surface area contributed by atoms with E-state index >= 15 is 0 Å². The third-order valence-corrected chi connectivity index (χ3v) is 5.76. The van der Waals surface area contributed by atoms with Crippen molar-refractivity contribution in [2.75, 3.05) is 0 Å². The average molecular weight is 295 g/mol. The van der Waals surface area contributed by atoms with E-state index in [-0.39, 0.29) is 16.9 Å². The van der Waals surface area contributed by atoms with E-state index in [1.165, 1.54) is 11.1 Å². The Hall–Kier alpha value is -0.690. The minimum atomic E-state index is 0.159. The summed E-state index contributed by atoms with van der Waals surface area (Å²) in [5.41, 5.74) is 2.88. The number of halogens is 1. The van der Waals surface area contributed by atoms with E-state index in [2.05, 4.69) is 52.8 Å². The molecule has 1 aromatic rings. The molecule has 0 aliphatic heterocycles. The van der Waals surface area contributed by atoms with Crippen LogP contribution in [-0.2, 0) is 0 Å². The van der Waals surface area contributed by atoms with Crippen molar-refractivity contribution in [2.45, 2.75) is 71.3 Å². The molecule has 2 rings (SSSR count). The molecule has 0 N–H and O–H groups in total. The molecule has 2 unspecified atom stereocenters. The minimum Gasteiger partial charge on any atom is -0.490 e. The molecule has 20 heavy (non-hydrogen) atoms. The van der Waals surface area contributed by atoms with Crippen LogP contribution in [0.25, 0.3) is 0 Å². The molecule has 0 saturated heterocycles. The van der Waals surface area contributed by atoms with E-state index in [9.17, 15) is 0 Å². The Morgan fingerprint density at radius 3 is 2.40 bits per heavy atom. The van der Waals surface area contributed by atoms with Crippen LogP contribution in [0.3, 0.4) is 0 Å². The predicted molar refractivity (Wildman–Crippen MR) is 87.0 cm³/mol. The number of aryl methyl sites for hydroxylation is 1. The Balaban J connectivity index is 2.13. The van der Waals surface area contributed by atoms with Crippen LogP contribution in [0.2, 0.25) is 0 Å². The molecule has 1 fully saturated rings. The number of hydrogen-bond donors (Lipinski definition) is 0. The maximum atomic E-state index is 6.45. The molecular formula is C18H27ClO. The van der Waals surface area contributed by atoms with Crippen LogP contribution in [0.4, 0.5) is 0 Å². The highest BCUT2D eigenvalue weighted by Crippen LogP contribution is 2.51. The quantitative estimate of drug-likeness (QED) is 0.635. The molecule has 1 aromatic carbocycles. The van der Waals surface area contributed by atoms with Gasteiger partial charge in [-0.2, -0.15) is 0 Å². The van der Waals surface area contributed by atoms with Gasteiger partial charge in [0.1, 0.15) is 11.9 Å². The van der Waals surface area contributed by atoms with Crippen LogP contribution >= 0.6 is 11.6 Å². The van der Waals surface area contributed by atoms with Crippen molar-refractivity contribution in [3.63, 3.8) is 0 Å². The highest BCUT2D eigenvalue weighted by Gasteiger charge is 2.53. The topological polar surface area (TPSA) is 9.23 Å². The third-order valence-electron chi connectivity index (χ3n) is 5.14. The maximum absolute atomic E-state index is 6.45. The van der Waals surface area contributed by atoms with E-state index in [0.29, 0.717) is 5.92 Å². The van der Waals surface area contributed by atoms with Crippen molar-refractivity contribution in [3.05, 3.63) is 29.3 Å². The molecule has 1 aliphatic carbocycles. The Morgan fingerprint density at radius 1 is 1.30 bits per heavy atom. The summed E-state index contributed by atoms with van der Waals surface area (Å²) in [7, 11) is 0. The third kappa shape index (κ3) is 2.57. The smallest absolute Gasteiger partial charge is 0.120 e. The Labute approximate surface area is 128 Å².